The van der Waals surface area contributed by atoms with E-state index in [0.717, 1.165) is 0 Å². The first kappa shape index (κ1) is 12.8. The molecule has 0 spiro atoms. The van der Waals surface area contributed by atoms with Crippen molar-refractivity contribution in [3.05, 3.63) is 30.3 Å². The van der Waals surface area contributed by atoms with Crippen molar-refractivity contribution < 1.29 is 10.0 Å². The van der Waals surface area contributed by atoms with E-state index in [1.807, 2.05) is 6.07 Å². The summed E-state index contributed by atoms with van der Waals surface area (Å²) in [5.41, 5.74) is 0.525. The van der Waals surface area contributed by atoms with E-state index < -0.39 is 7.12 Å². The maximum atomic E-state index is 8.58. The Morgan fingerprint density at radius 1 is 0.909 bits per heavy atom. The number of hydrogen-bond donors (Lipinski definition) is 4. The fraction of sp³-hybridized carbons (Fsp3) is 0. The Morgan fingerprint density at radius 3 is 1.64 bits per heavy atom. The third kappa shape index (κ3) is 3.74. The van der Waals surface area contributed by atoms with Gasteiger partial charge in [0.2, 0.25) is 0 Å². The van der Waals surface area contributed by atoms with Crippen molar-refractivity contribution in [2.75, 3.05) is 0 Å². The highest BCUT2D eigenvalue weighted by Crippen LogP contribution is 1.82. The van der Waals surface area contributed by atoms with E-state index in [-0.39, 0.29) is 12.3 Å². The van der Waals surface area contributed by atoms with Crippen LogP contribution in [0.2, 0.25) is 0 Å². The predicted octanol–water partition coefficient (Wildman–Crippen LogP) is -0.310. The van der Waals surface area contributed by atoms with Gasteiger partial charge in [-0.1, -0.05) is 30.3 Å². The van der Waals surface area contributed by atoms with Crippen LogP contribution in [-0.4, -0.2) is 17.2 Å². The van der Waals surface area contributed by atoms with Crippen LogP contribution < -0.4 is 17.8 Å². The van der Waals surface area contributed by atoms with E-state index in [1.165, 1.54) is 0 Å². The molecule has 0 amide bonds. The van der Waals surface area contributed by atoms with Crippen molar-refractivity contribution >= 4 is 12.6 Å². The second kappa shape index (κ2) is 5.88. The zero-order chi connectivity index (χ0) is 6.69. The average Bonchev–Trinajstić information content (AvgIpc) is 1.90. The van der Waals surface area contributed by atoms with Crippen LogP contribution in [0.4, 0.5) is 0 Å². The van der Waals surface area contributed by atoms with Gasteiger partial charge >= 0.3 is 7.12 Å². The lowest BCUT2D eigenvalue weighted by atomic mass is 9.81. The minimum Gasteiger partial charge on any atom is -0.423 e. The third-order valence-electron chi connectivity index (χ3n) is 1.10. The van der Waals surface area contributed by atoms with Crippen molar-refractivity contribution in [2.45, 2.75) is 0 Å². The van der Waals surface area contributed by atoms with Gasteiger partial charge in [0.15, 0.2) is 0 Å². The summed E-state index contributed by atoms with van der Waals surface area (Å²) in [6.07, 6.45) is 0. The van der Waals surface area contributed by atoms with Gasteiger partial charge in [-0.3, -0.25) is 0 Å². The Bertz CT molecular complexity index is 181. The Labute approximate surface area is 66.2 Å². The summed E-state index contributed by atoms with van der Waals surface area (Å²) >= 11 is 0. The molecule has 0 saturated heterocycles. The molecule has 0 aliphatic rings. The molecular weight excluding hydrogens is 143 g/mol. The number of rotatable bonds is 1. The summed E-state index contributed by atoms with van der Waals surface area (Å²) in [6, 6.07) is 8.66. The molecule has 0 aromatic heterocycles. The molecule has 1 aromatic carbocycles. The lowest BCUT2D eigenvalue weighted by Crippen LogP contribution is -2.29. The summed E-state index contributed by atoms with van der Waals surface area (Å²) < 4.78 is 0. The van der Waals surface area contributed by atoms with Gasteiger partial charge in [-0.25, -0.2) is 0 Å². The Balaban J connectivity index is 0. The van der Waals surface area contributed by atoms with Crippen LogP contribution in [0.1, 0.15) is 0 Å². The van der Waals surface area contributed by atoms with Crippen LogP contribution in [0.5, 0.6) is 0 Å². The van der Waals surface area contributed by atoms with Crippen LogP contribution in [0.15, 0.2) is 30.3 Å². The van der Waals surface area contributed by atoms with Crippen LogP contribution in [0, 0.1) is 0 Å². The fourth-order valence-corrected chi connectivity index (χ4v) is 0.625. The number of hydrogen-bond acceptors (Lipinski definition) is 4. The summed E-state index contributed by atoms with van der Waals surface area (Å²) in [5.74, 6) is 0. The first-order valence-electron chi connectivity index (χ1n) is 2.72. The minimum atomic E-state index is -1.34. The molecule has 11 heavy (non-hydrogen) atoms. The van der Waals surface area contributed by atoms with Gasteiger partial charge in [0.1, 0.15) is 0 Å². The highest BCUT2D eigenvalue weighted by Gasteiger charge is 2.07. The second-order valence-corrected chi connectivity index (χ2v) is 1.78. The quantitative estimate of drug-likeness (QED) is 0.418. The van der Waals surface area contributed by atoms with Crippen molar-refractivity contribution in [1.82, 2.24) is 12.3 Å². The highest BCUT2D eigenvalue weighted by molar-refractivity contribution is 6.58. The van der Waals surface area contributed by atoms with Crippen LogP contribution >= 0.6 is 0 Å². The average molecular weight is 156 g/mol. The summed E-state index contributed by atoms with van der Waals surface area (Å²) in [7, 11) is -1.34. The molecule has 5 heteroatoms. The highest BCUT2D eigenvalue weighted by atomic mass is 16.4. The van der Waals surface area contributed by atoms with Gasteiger partial charge in [0.25, 0.3) is 0 Å². The fourth-order valence-electron chi connectivity index (χ4n) is 0.625. The molecule has 0 bridgehead atoms. The normalized spacial score (nSPS) is 7.45. The van der Waals surface area contributed by atoms with E-state index >= 15 is 0 Å². The predicted molar refractivity (Wildman–Crippen MR) is 46.3 cm³/mol. The molecule has 0 radical (unpaired) electrons. The van der Waals surface area contributed by atoms with Gasteiger partial charge < -0.3 is 22.3 Å². The molecule has 0 atom stereocenters. The summed E-state index contributed by atoms with van der Waals surface area (Å²) in [4.78, 5) is 0. The van der Waals surface area contributed by atoms with Crippen molar-refractivity contribution in [3.63, 3.8) is 0 Å². The molecule has 1 rings (SSSR count). The zero-order valence-electron chi connectivity index (χ0n) is 6.27. The molecule has 0 aliphatic heterocycles. The van der Waals surface area contributed by atoms with Gasteiger partial charge in [0.05, 0.1) is 0 Å². The molecule has 1 aromatic rings. The molecule has 0 fully saturated rings. The van der Waals surface area contributed by atoms with Crippen molar-refractivity contribution in [2.24, 2.45) is 0 Å². The standard InChI is InChI=1S/C6H7BO2.2H3N/c8-7(9)6-4-2-1-3-5-6;;/h1-5,8-9H;2*1H3. The van der Waals surface area contributed by atoms with Crippen LogP contribution in [-0.2, 0) is 0 Å². The van der Waals surface area contributed by atoms with Gasteiger partial charge in [-0.2, -0.15) is 0 Å². The van der Waals surface area contributed by atoms with Crippen LogP contribution in [0.25, 0.3) is 0 Å². The summed E-state index contributed by atoms with van der Waals surface area (Å²) in [5, 5.41) is 17.2. The van der Waals surface area contributed by atoms with E-state index in [1.54, 1.807) is 24.3 Å². The molecule has 0 heterocycles. The largest absolute Gasteiger partial charge is 0.488 e. The Kier molecular flexibility index (Phi) is 6.82. The first-order valence-corrected chi connectivity index (χ1v) is 2.72. The zero-order valence-corrected chi connectivity index (χ0v) is 6.27. The summed E-state index contributed by atoms with van der Waals surface area (Å²) in [6.45, 7) is 0. The lowest BCUT2D eigenvalue weighted by molar-refractivity contribution is 0.426. The minimum absolute atomic E-state index is 0. The molecule has 0 saturated carbocycles. The van der Waals surface area contributed by atoms with Gasteiger partial charge in [0, 0.05) is 0 Å². The smallest absolute Gasteiger partial charge is 0.423 e. The molecule has 62 valence electrons. The maximum Gasteiger partial charge on any atom is 0.488 e. The molecule has 8 N–H and O–H groups in total. The lowest BCUT2D eigenvalue weighted by Gasteiger charge is -1.94. The second-order valence-electron chi connectivity index (χ2n) is 1.78. The maximum absolute atomic E-state index is 8.58. The van der Waals surface area contributed by atoms with Crippen molar-refractivity contribution in [3.8, 4) is 0 Å². The Morgan fingerprint density at radius 2 is 1.36 bits per heavy atom. The SMILES string of the molecule is N.N.OB(O)c1ccccc1. The van der Waals surface area contributed by atoms with E-state index in [0.29, 0.717) is 5.46 Å². The third-order valence-corrected chi connectivity index (χ3v) is 1.10. The van der Waals surface area contributed by atoms with Crippen LogP contribution in [0.3, 0.4) is 0 Å². The van der Waals surface area contributed by atoms with E-state index in [2.05, 4.69) is 0 Å². The topological polar surface area (TPSA) is 110 Å². The van der Waals surface area contributed by atoms with Gasteiger partial charge in [-0.15, -0.1) is 0 Å². The first-order chi connectivity index (χ1) is 4.30. The van der Waals surface area contributed by atoms with E-state index in [4.69, 9.17) is 10.0 Å². The van der Waals surface area contributed by atoms with Gasteiger partial charge in [-0.05, 0) is 5.46 Å². The molecule has 0 aliphatic carbocycles. The molecule has 0 unspecified atom stereocenters. The number of benzene rings is 1. The van der Waals surface area contributed by atoms with Crippen molar-refractivity contribution in [1.29, 1.82) is 0 Å². The monoisotopic (exact) mass is 156 g/mol. The Hall–Kier alpha value is -0.875. The molecular formula is C6H13BN2O2. The van der Waals surface area contributed by atoms with E-state index in [9.17, 15) is 0 Å². The molecule has 4 nitrogen and oxygen atoms in total.